The second kappa shape index (κ2) is 9.89. The quantitative estimate of drug-likeness (QED) is 0.484. The molecule has 80 valence electrons. The molecule has 1 rings (SSSR count). The fourth-order valence-electron chi connectivity index (χ4n) is 1.33. The number of aliphatic hydroxyl groups is 1. The Bertz CT molecular complexity index is 118. The summed E-state index contributed by atoms with van der Waals surface area (Å²) in [5, 5.41) is 12.4. The zero-order valence-corrected chi connectivity index (χ0v) is 15.4. The van der Waals surface area contributed by atoms with Gasteiger partial charge in [-0.2, -0.15) is 0 Å². The van der Waals surface area contributed by atoms with Crippen LogP contribution < -0.4 is 5.32 Å². The maximum absolute atomic E-state index is 9.15. The molecule has 0 aromatic heterocycles. The van der Waals surface area contributed by atoms with Crippen LogP contribution in [0.25, 0.3) is 0 Å². The normalized spacial score (nSPS) is 20.8. The second-order valence-corrected chi connectivity index (χ2v) is 38.4. The van der Waals surface area contributed by atoms with Crippen molar-refractivity contribution < 1.29 is 10.0 Å². The second-order valence-electron chi connectivity index (χ2n) is 3.02. The van der Waals surface area contributed by atoms with Crippen LogP contribution in [0.5, 0.6) is 0 Å². The number of piperidine rings is 1. The van der Waals surface area contributed by atoms with E-state index < -0.39 is 0 Å². The van der Waals surface area contributed by atoms with Crippen molar-refractivity contribution in [2.75, 3.05) is 13.1 Å². The maximum atomic E-state index is 9.15. The van der Waals surface area contributed by atoms with Gasteiger partial charge >= 0.3 is 64.9 Å². The molecule has 0 aromatic carbocycles. The zero-order chi connectivity index (χ0) is 10.3. The summed E-state index contributed by atoms with van der Waals surface area (Å²) in [5.41, 5.74) is 0. The molecule has 13 heavy (non-hydrogen) atoms. The molecule has 2 N–H and O–H groups in total. The van der Waals surface area contributed by atoms with Crippen molar-refractivity contribution in [3.8, 4) is 0 Å². The van der Waals surface area contributed by atoms with Crippen LogP contribution in [0.4, 0.5) is 0 Å². The molecule has 1 unspecified atom stereocenters. The van der Waals surface area contributed by atoms with Crippen molar-refractivity contribution in [1.29, 1.82) is 0 Å². The Balaban J connectivity index is 0.000000310. The van der Waals surface area contributed by atoms with Crippen molar-refractivity contribution in [1.82, 2.24) is 5.32 Å². The van der Waals surface area contributed by atoms with E-state index in [-0.39, 0.29) is 11.0 Å². The van der Waals surface area contributed by atoms with Gasteiger partial charge in [0.1, 0.15) is 0 Å². The van der Waals surface area contributed by atoms with E-state index in [1.807, 2.05) is 6.92 Å². The van der Waals surface area contributed by atoms with Crippen molar-refractivity contribution >= 4 is 59.9 Å². The molecule has 1 saturated heterocycles. The van der Waals surface area contributed by atoms with Gasteiger partial charge in [-0.05, 0) is 38.8 Å². The van der Waals surface area contributed by atoms with Gasteiger partial charge in [-0.15, -0.1) is 0 Å². The zero-order valence-electron chi connectivity index (χ0n) is 7.51. The molecule has 0 spiro atoms. The molecule has 1 atom stereocenters. The molecule has 6 heteroatoms. The van der Waals surface area contributed by atoms with Crippen LogP contribution >= 0.6 is 59.9 Å². The van der Waals surface area contributed by atoms with Gasteiger partial charge < -0.3 is 10.4 Å². The third-order valence-corrected chi connectivity index (χ3v) is 2.07. The standard InChI is InChI=1S/C7H15NO.3HI.V/c1-6(9)7-2-4-8-5-3-7;;;;/h6-9H,2-5H2,1H3;3*1H;/q;;;;+3/p-3. The Hall–Kier alpha value is 2.69. The number of aliphatic hydroxyl groups excluding tert-OH is 1. The van der Waals surface area contributed by atoms with Crippen LogP contribution in [0.3, 0.4) is 0 Å². The van der Waals surface area contributed by atoms with E-state index in [0.29, 0.717) is 5.92 Å². The summed E-state index contributed by atoms with van der Waals surface area (Å²) in [5.74, 6) is 0.547. The Labute approximate surface area is 118 Å². The number of hydrogen-bond donors (Lipinski definition) is 2. The van der Waals surface area contributed by atoms with E-state index in [2.05, 4.69) is 65.3 Å². The van der Waals surface area contributed by atoms with Crippen molar-refractivity contribution in [3.05, 3.63) is 0 Å². The van der Waals surface area contributed by atoms with Crippen LogP contribution in [-0.4, -0.2) is 24.3 Å². The van der Waals surface area contributed by atoms with Gasteiger partial charge in [-0.1, -0.05) is 0 Å². The van der Waals surface area contributed by atoms with Gasteiger partial charge in [0.05, 0.1) is 6.10 Å². The van der Waals surface area contributed by atoms with E-state index in [9.17, 15) is 0 Å². The van der Waals surface area contributed by atoms with E-state index >= 15 is 0 Å². The molecule has 1 fully saturated rings. The number of halogens is 3. The van der Waals surface area contributed by atoms with Crippen LogP contribution in [0, 0.1) is 5.92 Å². The monoisotopic (exact) mass is 561 g/mol. The van der Waals surface area contributed by atoms with Gasteiger partial charge in [0, 0.05) is 0 Å². The van der Waals surface area contributed by atoms with Crippen LogP contribution in [0.15, 0.2) is 0 Å². The molecule has 0 radical (unpaired) electrons. The molecular weight excluding hydrogens is 546 g/mol. The molecular formula is C7H15I3NOV. The summed E-state index contributed by atoms with van der Waals surface area (Å²) in [6, 6.07) is 0. The minimum absolute atomic E-state index is 0.105. The van der Waals surface area contributed by atoms with Crippen molar-refractivity contribution in [3.63, 3.8) is 0 Å². The summed E-state index contributed by atoms with van der Waals surface area (Å²) >= 11 is 7.39. The van der Waals surface area contributed by atoms with Gasteiger partial charge in [-0.3, -0.25) is 0 Å². The predicted octanol–water partition coefficient (Wildman–Crippen LogP) is 3.02. The summed E-state index contributed by atoms with van der Waals surface area (Å²) in [7, 11) is 0. The number of rotatable bonds is 1. The average Bonchev–Trinajstić information content (AvgIpc) is 2.05. The summed E-state index contributed by atoms with van der Waals surface area (Å²) in [4.78, 5) is -0.278. The summed E-state index contributed by atoms with van der Waals surface area (Å²) in [6.07, 6.45) is 2.17. The fraction of sp³-hybridized carbons (Fsp3) is 1.00. The van der Waals surface area contributed by atoms with Crippen molar-refractivity contribution in [2.45, 2.75) is 25.9 Å². The molecule has 2 nitrogen and oxygen atoms in total. The topological polar surface area (TPSA) is 32.3 Å². The Kier molecular flexibility index (Phi) is 11.9. The third kappa shape index (κ3) is 11.0. The average molecular weight is 561 g/mol. The molecule has 1 heterocycles. The third-order valence-electron chi connectivity index (χ3n) is 2.07. The predicted molar refractivity (Wildman–Crippen MR) is 79.3 cm³/mol. The fourth-order valence-corrected chi connectivity index (χ4v) is 1.33. The first-order valence-corrected chi connectivity index (χ1v) is 17.7. The SMILES string of the molecule is CC(O)C1CCNCC1.[I][V]([I])[I]. The van der Waals surface area contributed by atoms with Crippen LogP contribution in [0.2, 0.25) is 0 Å². The molecule has 1 aliphatic rings. The van der Waals surface area contributed by atoms with E-state index in [1.54, 1.807) is 0 Å². The molecule has 1 aliphatic heterocycles. The van der Waals surface area contributed by atoms with E-state index in [1.165, 1.54) is 0 Å². The van der Waals surface area contributed by atoms with Gasteiger partial charge in [0.2, 0.25) is 0 Å². The molecule has 0 aromatic rings. The number of nitrogens with one attached hydrogen (secondary N) is 1. The summed E-state index contributed by atoms with van der Waals surface area (Å²) < 4.78 is 0. The van der Waals surface area contributed by atoms with Gasteiger partial charge in [0.25, 0.3) is 0 Å². The first kappa shape index (κ1) is 15.7. The van der Waals surface area contributed by atoms with Crippen LogP contribution in [0.1, 0.15) is 19.8 Å². The van der Waals surface area contributed by atoms with Gasteiger partial charge in [-0.25, -0.2) is 0 Å². The Morgan fingerprint density at radius 2 is 1.69 bits per heavy atom. The first-order chi connectivity index (χ1) is 6.04. The molecule has 0 bridgehead atoms. The Morgan fingerprint density at radius 1 is 1.31 bits per heavy atom. The first-order valence-electron chi connectivity index (χ1n) is 4.20. The van der Waals surface area contributed by atoms with E-state index in [4.69, 9.17) is 5.11 Å². The number of hydrogen-bond acceptors (Lipinski definition) is 2. The van der Waals surface area contributed by atoms with Crippen LogP contribution in [-0.2, 0) is 4.92 Å². The Morgan fingerprint density at radius 3 is 1.92 bits per heavy atom. The summed E-state index contributed by atoms with van der Waals surface area (Å²) in [6.45, 7) is 4.04. The molecule has 0 amide bonds. The molecule has 0 saturated carbocycles. The van der Waals surface area contributed by atoms with E-state index in [0.717, 1.165) is 25.9 Å². The van der Waals surface area contributed by atoms with Crippen molar-refractivity contribution in [2.24, 2.45) is 5.92 Å². The minimum atomic E-state index is -0.278. The van der Waals surface area contributed by atoms with Gasteiger partial charge in [0.15, 0.2) is 0 Å². The molecule has 0 aliphatic carbocycles.